The molecule has 11 nitrogen and oxygen atoms in total. The van der Waals surface area contributed by atoms with Crippen molar-refractivity contribution in [2.45, 2.75) is 83.5 Å². The zero-order valence-corrected chi connectivity index (χ0v) is 26.0. The quantitative estimate of drug-likeness (QED) is 0.103. The summed E-state index contributed by atoms with van der Waals surface area (Å²) in [5.74, 6) is 0.132. The number of aromatic nitrogens is 4. The van der Waals surface area contributed by atoms with Gasteiger partial charge in [0.15, 0.2) is 0 Å². The molecule has 0 unspecified atom stereocenters. The van der Waals surface area contributed by atoms with Crippen LogP contribution in [-0.4, -0.2) is 55.6 Å². The largest absolute Gasteiger partial charge is 0.392 e. The average Bonchev–Trinajstić information content (AvgIpc) is 3.44. The molecule has 5 rings (SSSR count). The minimum atomic E-state index is -0.510. The number of pyridine rings is 1. The highest BCUT2D eigenvalue weighted by molar-refractivity contribution is 5.83. The van der Waals surface area contributed by atoms with Crippen molar-refractivity contribution >= 4 is 16.9 Å². The number of hydrogen-bond acceptors (Lipinski definition) is 8. The first-order chi connectivity index (χ1) is 21.7. The van der Waals surface area contributed by atoms with E-state index in [9.17, 15) is 9.90 Å². The number of aliphatic hydroxyl groups excluding tert-OH is 1. The average molecular weight is 618 g/mol. The molecular formula is C33H44FN9O2. The molecule has 240 valence electrons. The van der Waals surface area contributed by atoms with Crippen molar-refractivity contribution in [1.82, 2.24) is 24.8 Å². The summed E-state index contributed by atoms with van der Waals surface area (Å²) in [6.45, 7) is 4.35. The van der Waals surface area contributed by atoms with Gasteiger partial charge in [-0.05, 0) is 88.1 Å². The molecule has 0 saturated carbocycles. The van der Waals surface area contributed by atoms with E-state index in [4.69, 9.17) is 22.2 Å². The molecule has 0 spiro atoms. The highest BCUT2D eigenvalue weighted by Crippen LogP contribution is 2.31. The number of nitrogens with one attached hydrogen (secondary N) is 2. The lowest BCUT2D eigenvalue weighted by molar-refractivity contribution is 0.270. The number of piperidine rings is 1. The Kier molecular flexibility index (Phi) is 10.4. The first-order valence-electron chi connectivity index (χ1n) is 15.7. The van der Waals surface area contributed by atoms with Crippen molar-refractivity contribution in [3.8, 4) is 16.9 Å². The van der Waals surface area contributed by atoms with Crippen LogP contribution in [0, 0.1) is 12.7 Å². The van der Waals surface area contributed by atoms with E-state index in [-0.39, 0.29) is 37.1 Å². The standard InChI is InChI=1S/C33H44FN9O2/c1-19-11-21(6-3-5-20(2)36)12-26(30(19)34)28-14-22-17-43(33(45)42-32(22)41-28)25-13-23(18-44)31(39-16-25)27-8-4-7-24(40-27)9-10-38-29(37)15-35/h11-14,16-17,20,24,27,40,44H,3-10,15,18,35-36H2,1-2H3,(H2,37,38)(H,41,42,45)/t20-,24-,27-/m0/s1. The Bertz CT molecular complexity index is 1730. The van der Waals surface area contributed by atoms with Crippen LogP contribution in [0.15, 0.2) is 46.4 Å². The maximum atomic E-state index is 15.3. The Morgan fingerprint density at radius 3 is 2.84 bits per heavy atom. The van der Waals surface area contributed by atoms with Gasteiger partial charge >= 0.3 is 5.69 Å². The topological polar surface area (TPSA) is 186 Å². The minimum Gasteiger partial charge on any atom is -0.392 e. The fourth-order valence-electron chi connectivity index (χ4n) is 6.11. The molecule has 0 amide bonds. The number of nitrogens with zero attached hydrogens (tertiary/aromatic N) is 4. The number of rotatable bonds is 12. The number of H-pyrrole nitrogens is 1. The number of aliphatic hydroxyl groups is 1. The Morgan fingerprint density at radius 1 is 1.27 bits per heavy atom. The third-order valence-corrected chi connectivity index (χ3v) is 8.49. The minimum absolute atomic E-state index is 0.0341. The molecule has 4 heterocycles. The molecule has 45 heavy (non-hydrogen) atoms. The summed E-state index contributed by atoms with van der Waals surface area (Å²) < 4.78 is 16.7. The molecule has 0 radical (unpaired) electrons. The van der Waals surface area contributed by atoms with E-state index < -0.39 is 5.69 Å². The van der Waals surface area contributed by atoms with E-state index in [1.165, 1.54) is 4.57 Å². The predicted octanol–water partition coefficient (Wildman–Crippen LogP) is 3.27. The van der Waals surface area contributed by atoms with Crippen LogP contribution in [0.2, 0.25) is 0 Å². The molecule has 0 aliphatic carbocycles. The second kappa shape index (κ2) is 14.4. The van der Waals surface area contributed by atoms with Crippen LogP contribution >= 0.6 is 0 Å². The Hall–Kier alpha value is -3.97. The van der Waals surface area contributed by atoms with E-state index in [0.29, 0.717) is 51.5 Å². The number of fused-ring (bicyclic) bond motifs is 1. The molecule has 12 heteroatoms. The number of amidine groups is 1. The van der Waals surface area contributed by atoms with Gasteiger partial charge in [0, 0.05) is 41.3 Å². The second-order valence-electron chi connectivity index (χ2n) is 12.1. The highest BCUT2D eigenvalue weighted by atomic mass is 19.1. The SMILES string of the molecule is Cc1cc(CCC[C@H](C)N)cc(-c2cc3cn(-c4cnc([C@@H]5CCC[C@@H](CCN=C(N)CN)N5)c(CO)c4)c(=O)nc3[nH]2)c1F. The van der Waals surface area contributed by atoms with Crippen molar-refractivity contribution in [3.63, 3.8) is 0 Å². The van der Waals surface area contributed by atoms with Crippen molar-refractivity contribution in [2.75, 3.05) is 13.1 Å². The van der Waals surface area contributed by atoms with Gasteiger partial charge in [-0.25, -0.2) is 9.18 Å². The molecule has 1 aromatic carbocycles. The van der Waals surface area contributed by atoms with Gasteiger partial charge < -0.3 is 32.6 Å². The summed E-state index contributed by atoms with van der Waals surface area (Å²) in [5, 5.41) is 14.6. The van der Waals surface area contributed by atoms with Gasteiger partial charge in [-0.2, -0.15) is 4.98 Å². The fraction of sp³-hybridized carbons (Fsp3) is 0.455. The molecular weight excluding hydrogens is 573 g/mol. The van der Waals surface area contributed by atoms with Crippen LogP contribution in [-0.2, 0) is 13.0 Å². The maximum absolute atomic E-state index is 15.3. The molecule has 1 aliphatic rings. The van der Waals surface area contributed by atoms with Crippen molar-refractivity contribution < 1.29 is 9.50 Å². The van der Waals surface area contributed by atoms with Gasteiger partial charge in [0.25, 0.3) is 0 Å². The van der Waals surface area contributed by atoms with E-state index in [1.807, 2.05) is 19.1 Å². The van der Waals surface area contributed by atoms with E-state index in [2.05, 4.69) is 20.3 Å². The van der Waals surface area contributed by atoms with Crippen molar-refractivity contribution in [3.05, 3.63) is 75.3 Å². The second-order valence-corrected chi connectivity index (χ2v) is 12.1. The third kappa shape index (κ3) is 7.64. The van der Waals surface area contributed by atoms with Gasteiger partial charge in [-0.15, -0.1) is 0 Å². The summed E-state index contributed by atoms with van der Waals surface area (Å²) in [6, 6.07) is 7.62. The molecule has 3 aromatic heterocycles. The maximum Gasteiger partial charge on any atom is 0.354 e. The first kappa shape index (κ1) is 32.4. The molecule has 9 N–H and O–H groups in total. The molecule has 1 fully saturated rings. The van der Waals surface area contributed by atoms with Crippen LogP contribution in [0.5, 0.6) is 0 Å². The van der Waals surface area contributed by atoms with Crippen LogP contribution in [0.3, 0.4) is 0 Å². The first-order valence-corrected chi connectivity index (χ1v) is 15.7. The predicted molar refractivity (Wildman–Crippen MR) is 176 cm³/mol. The summed E-state index contributed by atoms with van der Waals surface area (Å²) in [6.07, 6.45) is 9.63. The monoisotopic (exact) mass is 617 g/mol. The summed E-state index contributed by atoms with van der Waals surface area (Å²) in [4.78, 5) is 29.5. The lowest BCUT2D eigenvalue weighted by Gasteiger charge is -2.31. The molecule has 1 aliphatic heterocycles. The summed E-state index contributed by atoms with van der Waals surface area (Å²) in [5.41, 5.74) is 21.5. The van der Waals surface area contributed by atoms with Gasteiger partial charge in [0.05, 0.1) is 42.5 Å². The molecule has 3 atom stereocenters. The number of benzene rings is 1. The van der Waals surface area contributed by atoms with Gasteiger partial charge in [-0.3, -0.25) is 14.5 Å². The Balaban J connectivity index is 1.40. The van der Waals surface area contributed by atoms with Crippen LogP contribution in [0.25, 0.3) is 28.0 Å². The number of hydrogen-bond donors (Lipinski definition) is 6. The number of aliphatic imine (C=N–C) groups is 1. The smallest absolute Gasteiger partial charge is 0.354 e. The summed E-state index contributed by atoms with van der Waals surface area (Å²) in [7, 11) is 0. The van der Waals surface area contributed by atoms with Crippen LogP contribution in [0.4, 0.5) is 4.39 Å². The Labute approximate surface area is 262 Å². The lowest BCUT2D eigenvalue weighted by atomic mass is 9.92. The van der Waals surface area contributed by atoms with E-state index >= 15 is 4.39 Å². The normalized spacial score (nSPS) is 18.0. The molecule has 0 bridgehead atoms. The molecule has 1 saturated heterocycles. The Morgan fingerprint density at radius 2 is 2.09 bits per heavy atom. The lowest BCUT2D eigenvalue weighted by Crippen LogP contribution is -2.38. The number of aromatic amines is 1. The fourth-order valence-corrected chi connectivity index (χ4v) is 6.11. The van der Waals surface area contributed by atoms with Crippen LogP contribution < -0.4 is 28.2 Å². The van der Waals surface area contributed by atoms with Gasteiger partial charge in [0.2, 0.25) is 0 Å². The van der Waals surface area contributed by atoms with Crippen LogP contribution in [0.1, 0.15) is 73.9 Å². The van der Waals surface area contributed by atoms with Gasteiger partial charge in [0.1, 0.15) is 17.3 Å². The molecule has 4 aromatic rings. The summed E-state index contributed by atoms with van der Waals surface area (Å²) >= 11 is 0. The third-order valence-electron chi connectivity index (χ3n) is 8.49. The van der Waals surface area contributed by atoms with Crippen molar-refractivity contribution in [1.29, 1.82) is 0 Å². The zero-order valence-electron chi connectivity index (χ0n) is 26.0. The zero-order chi connectivity index (χ0) is 32.1. The number of nitrogens with two attached hydrogens (primary N) is 3. The highest BCUT2D eigenvalue weighted by Gasteiger charge is 2.25. The van der Waals surface area contributed by atoms with Crippen molar-refractivity contribution in [2.24, 2.45) is 22.2 Å². The van der Waals surface area contributed by atoms with E-state index in [1.54, 1.807) is 31.5 Å². The van der Waals surface area contributed by atoms with Gasteiger partial charge in [-0.1, -0.05) is 6.07 Å². The number of halogens is 1. The van der Waals surface area contributed by atoms with E-state index in [0.717, 1.165) is 56.2 Å². The number of aryl methyl sites for hydroxylation is 2.